The maximum absolute atomic E-state index is 13.0. The van der Waals surface area contributed by atoms with Gasteiger partial charge in [-0.3, -0.25) is 4.90 Å². The molecule has 0 saturated carbocycles. The zero-order chi connectivity index (χ0) is 20.4. The Balaban J connectivity index is 2.00. The molecule has 2 aromatic carbocycles. The van der Waals surface area contributed by atoms with Crippen LogP contribution in [0.5, 0.6) is 5.75 Å². The lowest BCUT2D eigenvalue weighted by Gasteiger charge is -2.27. The first-order valence-corrected chi connectivity index (χ1v) is 9.94. The number of hydrogen-bond donors (Lipinski definition) is 1. The van der Waals surface area contributed by atoms with Crippen molar-refractivity contribution in [3.63, 3.8) is 0 Å². The summed E-state index contributed by atoms with van der Waals surface area (Å²) in [5.41, 5.74) is 2.67. The smallest absolute Gasteiger partial charge is 0.341 e. The second-order valence-electron chi connectivity index (χ2n) is 7.07. The first kappa shape index (κ1) is 19.7. The summed E-state index contributed by atoms with van der Waals surface area (Å²) in [7, 11) is 0. The molecule has 1 fully saturated rings. The quantitative estimate of drug-likeness (QED) is 0.498. The predicted octanol–water partition coefficient (Wildman–Crippen LogP) is 4.38. The molecule has 3 aromatic rings. The highest BCUT2D eigenvalue weighted by Gasteiger charge is 2.23. The van der Waals surface area contributed by atoms with Gasteiger partial charge in [-0.2, -0.15) is 0 Å². The number of phenolic OH excluding ortho intramolecular Hbond substituents is 1. The van der Waals surface area contributed by atoms with Crippen molar-refractivity contribution >= 4 is 22.6 Å². The van der Waals surface area contributed by atoms with Crippen LogP contribution in [-0.2, 0) is 17.7 Å². The fourth-order valence-corrected chi connectivity index (χ4v) is 4.01. The van der Waals surface area contributed by atoms with Gasteiger partial charge in [-0.25, -0.2) is 4.79 Å². The van der Waals surface area contributed by atoms with Crippen molar-refractivity contribution in [3.8, 4) is 16.9 Å². The molecular formula is C23H22ClNO4. The highest BCUT2D eigenvalue weighted by molar-refractivity contribution is 6.36. The van der Waals surface area contributed by atoms with E-state index in [4.69, 9.17) is 20.8 Å². The molecule has 4 rings (SSSR count). The minimum absolute atomic E-state index is 0.0477. The first-order valence-electron chi connectivity index (χ1n) is 9.56. The molecule has 0 bridgehead atoms. The number of ether oxygens (including phenoxy) is 1. The molecule has 1 saturated heterocycles. The van der Waals surface area contributed by atoms with Crippen LogP contribution >= 0.6 is 11.6 Å². The molecule has 0 spiro atoms. The Kier molecular flexibility index (Phi) is 5.72. The van der Waals surface area contributed by atoms with E-state index in [-0.39, 0.29) is 16.4 Å². The van der Waals surface area contributed by atoms with Gasteiger partial charge in [0.05, 0.1) is 18.8 Å². The van der Waals surface area contributed by atoms with Crippen molar-refractivity contribution in [2.45, 2.75) is 13.0 Å². The van der Waals surface area contributed by atoms with E-state index >= 15 is 0 Å². The van der Waals surface area contributed by atoms with Crippen LogP contribution in [0.15, 0.2) is 58.3 Å². The number of rotatable bonds is 5. The van der Waals surface area contributed by atoms with Crippen molar-refractivity contribution in [1.82, 2.24) is 4.90 Å². The van der Waals surface area contributed by atoms with Gasteiger partial charge in [0.25, 0.3) is 0 Å². The zero-order valence-corrected chi connectivity index (χ0v) is 16.7. The minimum atomic E-state index is -0.444. The molecule has 0 amide bonds. The molecule has 0 aliphatic carbocycles. The van der Waals surface area contributed by atoms with Crippen LogP contribution in [0.3, 0.4) is 0 Å². The third-order valence-corrected chi connectivity index (χ3v) is 5.55. The second kappa shape index (κ2) is 8.41. The molecule has 1 N–H and O–H groups in total. The van der Waals surface area contributed by atoms with Gasteiger partial charge in [0, 0.05) is 36.1 Å². The largest absolute Gasteiger partial charge is 0.506 e. The number of morpholine rings is 1. The predicted molar refractivity (Wildman–Crippen MR) is 115 cm³/mol. The van der Waals surface area contributed by atoms with Gasteiger partial charge in [0.2, 0.25) is 0 Å². The Hall–Kier alpha value is -2.60. The van der Waals surface area contributed by atoms with Crippen molar-refractivity contribution in [2.75, 3.05) is 26.3 Å². The summed E-state index contributed by atoms with van der Waals surface area (Å²) in [4.78, 5) is 15.2. The Morgan fingerprint density at radius 2 is 1.93 bits per heavy atom. The number of halogens is 1. The Bertz CT molecular complexity index is 1100. The van der Waals surface area contributed by atoms with Crippen molar-refractivity contribution in [2.24, 2.45) is 0 Å². The second-order valence-corrected chi connectivity index (χ2v) is 7.44. The monoisotopic (exact) mass is 411 g/mol. The van der Waals surface area contributed by atoms with Gasteiger partial charge in [-0.15, -0.1) is 6.58 Å². The van der Waals surface area contributed by atoms with Crippen LogP contribution in [-0.4, -0.2) is 36.3 Å². The van der Waals surface area contributed by atoms with Crippen LogP contribution in [0.4, 0.5) is 0 Å². The lowest BCUT2D eigenvalue weighted by atomic mass is 9.94. The molecule has 1 aromatic heterocycles. The first-order chi connectivity index (χ1) is 14.1. The summed E-state index contributed by atoms with van der Waals surface area (Å²) in [5.74, 6) is -0.0813. The van der Waals surface area contributed by atoms with Crippen LogP contribution in [0.1, 0.15) is 11.1 Å². The lowest BCUT2D eigenvalue weighted by molar-refractivity contribution is 0.0338. The van der Waals surface area contributed by atoms with E-state index in [9.17, 15) is 9.90 Å². The topological polar surface area (TPSA) is 62.9 Å². The highest BCUT2D eigenvalue weighted by atomic mass is 35.5. The van der Waals surface area contributed by atoms with E-state index in [0.717, 1.165) is 24.2 Å². The van der Waals surface area contributed by atoms with Gasteiger partial charge < -0.3 is 14.3 Å². The van der Waals surface area contributed by atoms with E-state index in [0.29, 0.717) is 42.7 Å². The SMILES string of the molecule is C=CCc1cc2c(-c3ccccc3)c(CN3CCOCC3)c(=O)oc2c(Cl)c1O. The Morgan fingerprint density at radius 1 is 1.21 bits per heavy atom. The molecule has 0 atom stereocenters. The van der Waals surface area contributed by atoms with E-state index < -0.39 is 5.63 Å². The Labute approximate surface area is 173 Å². The van der Waals surface area contributed by atoms with Crippen LogP contribution in [0.2, 0.25) is 5.02 Å². The molecule has 6 heteroatoms. The molecule has 2 heterocycles. The number of hydrogen-bond acceptors (Lipinski definition) is 5. The maximum atomic E-state index is 13.0. The Morgan fingerprint density at radius 3 is 2.62 bits per heavy atom. The van der Waals surface area contributed by atoms with Gasteiger partial charge >= 0.3 is 5.63 Å². The average molecular weight is 412 g/mol. The number of allylic oxidation sites excluding steroid dienone is 1. The summed E-state index contributed by atoms with van der Waals surface area (Å²) in [6.45, 7) is 7.00. The summed E-state index contributed by atoms with van der Waals surface area (Å²) in [5, 5.41) is 11.2. The molecule has 1 aliphatic rings. The van der Waals surface area contributed by atoms with E-state index in [1.807, 2.05) is 36.4 Å². The number of phenols is 1. The van der Waals surface area contributed by atoms with Gasteiger partial charge in [0.15, 0.2) is 5.58 Å². The average Bonchev–Trinajstić information content (AvgIpc) is 2.75. The van der Waals surface area contributed by atoms with Crippen molar-refractivity contribution < 1.29 is 14.3 Å². The van der Waals surface area contributed by atoms with Gasteiger partial charge in [-0.1, -0.05) is 48.0 Å². The van der Waals surface area contributed by atoms with Crippen molar-refractivity contribution in [1.29, 1.82) is 0 Å². The third kappa shape index (κ3) is 3.81. The number of nitrogens with zero attached hydrogens (tertiary/aromatic N) is 1. The molecule has 0 radical (unpaired) electrons. The molecule has 150 valence electrons. The third-order valence-electron chi connectivity index (χ3n) is 5.20. The zero-order valence-electron chi connectivity index (χ0n) is 16.0. The standard InChI is InChI=1S/C23H22ClNO4/c1-2-6-16-13-17-19(15-7-4-3-5-8-15)18(14-25-9-11-28-12-10-25)23(27)29-22(17)20(24)21(16)26/h2-5,7-8,13,26H,1,6,9-12,14H2. The van der Waals surface area contributed by atoms with Crippen molar-refractivity contribution in [3.05, 3.63) is 75.6 Å². The summed E-state index contributed by atoms with van der Waals surface area (Å²) in [6, 6.07) is 11.6. The molecular weight excluding hydrogens is 390 g/mol. The summed E-state index contributed by atoms with van der Waals surface area (Å²) >= 11 is 6.40. The fraction of sp³-hybridized carbons (Fsp3) is 0.261. The normalized spacial score (nSPS) is 14.9. The molecule has 0 unspecified atom stereocenters. The van der Waals surface area contributed by atoms with E-state index in [1.165, 1.54) is 0 Å². The van der Waals surface area contributed by atoms with Crippen LogP contribution in [0, 0.1) is 0 Å². The number of fused-ring (bicyclic) bond motifs is 1. The van der Waals surface area contributed by atoms with Crippen LogP contribution in [0.25, 0.3) is 22.1 Å². The van der Waals surface area contributed by atoms with Gasteiger partial charge in [0.1, 0.15) is 10.8 Å². The molecule has 5 nitrogen and oxygen atoms in total. The van der Waals surface area contributed by atoms with Crippen LogP contribution < -0.4 is 5.63 Å². The maximum Gasteiger partial charge on any atom is 0.341 e. The van der Waals surface area contributed by atoms with E-state index in [1.54, 1.807) is 6.08 Å². The molecule has 29 heavy (non-hydrogen) atoms. The van der Waals surface area contributed by atoms with E-state index in [2.05, 4.69) is 11.5 Å². The summed E-state index contributed by atoms with van der Waals surface area (Å²) < 4.78 is 11.0. The minimum Gasteiger partial charge on any atom is -0.506 e. The summed E-state index contributed by atoms with van der Waals surface area (Å²) in [6.07, 6.45) is 2.15. The number of aromatic hydroxyl groups is 1. The number of benzene rings is 2. The highest BCUT2D eigenvalue weighted by Crippen LogP contribution is 2.40. The van der Waals surface area contributed by atoms with Gasteiger partial charge in [-0.05, 0) is 18.1 Å². The molecule has 1 aliphatic heterocycles. The lowest BCUT2D eigenvalue weighted by Crippen LogP contribution is -2.37. The fourth-order valence-electron chi connectivity index (χ4n) is 3.75.